The van der Waals surface area contributed by atoms with Crippen molar-refractivity contribution in [1.29, 1.82) is 0 Å². The fraction of sp³-hybridized carbons (Fsp3) is 0.476. The summed E-state index contributed by atoms with van der Waals surface area (Å²) in [5.41, 5.74) is 2.41. The molecule has 1 aromatic heterocycles. The van der Waals surface area contributed by atoms with E-state index in [1.54, 1.807) is 6.07 Å². The van der Waals surface area contributed by atoms with Gasteiger partial charge in [-0.2, -0.15) is 0 Å². The smallest absolute Gasteiger partial charge is 0.274 e. The summed E-state index contributed by atoms with van der Waals surface area (Å²) in [6, 6.07) is 9.85. The van der Waals surface area contributed by atoms with Gasteiger partial charge in [-0.3, -0.25) is 4.79 Å². The minimum atomic E-state index is -0.196. The minimum absolute atomic E-state index is 0.196. The zero-order chi connectivity index (χ0) is 18.6. The second-order valence-electron chi connectivity index (χ2n) is 7.63. The lowest BCUT2D eigenvalue weighted by molar-refractivity contribution is 0.102. The number of benzene rings is 1. The van der Waals surface area contributed by atoms with Gasteiger partial charge in [-0.15, -0.1) is 0 Å². The van der Waals surface area contributed by atoms with Gasteiger partial charge in [0.25, 0.3) is 5.91 Å². The van der Waals surface area contributed by atoms with Crippen LogP contribution in [0.4, 0.5) is 17.2 Å². The normalized spacial score (nSPS) is 18.0. The molecule has 1 aromatic carbocycles. The van der Waals surface area contributed by atoms with Gasteiger partial charge in [0.2, 0.25) is 0 Å². The highest BCUT2D eigenvalue weighted by atomic mass is 16.1. The van der Waals surface area contributed by atoms with Gasteiger partial charge in [0.1, 0.15) is 17.8 Å². The molecule has 27 heavy (non-hydrogen) atoms. The highest BCUT2D eigenvalue weighted by Crippen LogP contribution is 2.23. The van der Waals surface area contributed by atoms with Gasteiger partial charge in [-0.05, 0) is 55.9 Å². The molecule has 2 fully saturated rings. The molecule has 2 aliphatic rings. The molecule has 0 radical (unpaired) electrons. The third kappa shape index (κ3) is 4.21. The number of nitrogens with one attached hydrogen (secondary N) is 1. The van der Waals surface area contributed by atoms with E-state index < -0.39 is 0 Å². The maximum atomic E-state index is 12.6. The van der Waals surface area contributed by atoms with Crippen molar-refractivity contribution in [3.8, 4) is 0 Å². The van der Waals surface area contributed by atoms with Gasteiger partial charge in [-0.25, -0.2) is 9.97 Å². The molecule has 6 heteroatoms. The molecule has 0 bridgehead atoms. The number of nitrogens with zero attached hydrogens (tertiary/aromatic N) is 4. The molecular weight excluding hydrogens is 338 g/mol. The van der Waals surface area contributed by atoms with Gasteiger partial charge in [0.05, 0.1) is 0 Å². The van der Waals surface area contributed by atoms with Gasteiger partial charge in [0, 0.05) is 43.6 Å². The Kier molecular flexibility index (Phi) is 5.23. The highest BCUT2D eigenvalue weighted by Gasteiger charge is 2.19. The summed E-state index contributed by atoms with van der Waals surface area (Å²) in [6.07, 6.45) is 6.32. The monoisotopic (exact) mass is 365 g/mol. The van der Waals surface area contributed by atoms with Crippen LogP contribution >= 0.6 is 0 Å². The van der Waals surface area contributed by atoms with Crippen LogP contribution in [0.2, 0.25) is 0 Å². The average Bonchev–Trinajstić information content (AvgIpc) is 3.24. The molecule has 2 saturated heterocycles. The Bertz CT molecular complexity index is 777. The van der Waals surface area contributed by atoms with Crippen molar-refractivity contribution in [1.82, 2.24) is 9.97 Å². The lowest BCUT2D eigenvalue weighted by atomic mass is 9.99. The highest BCUT2D eigenvalue weighted by molar-refractivity contribution is 6.03. The van der Waals surface area contributed by atoms with Crippen molar-refractivity contribution in [3.63, 3.8) is 0 Å². The summed E-state index contributed by atoms with van der Waals surface area (Å²) in [5.74, 6) is 1.40. The van der Waals surface area contributed by atoms with Crippen LogP contribution in [0.1, 0.15) is 43.1 Å². The summed E-state index contributed by atoms with van der Waals surface area (Å²) in [5, 5.41) is 2.95. The number of carbonyl (C=O) groups excluding carboxylic acids is 1. The fourth-order valence-electron chi connectivity index (χ4n) is 3.81. The van der Waals surface area contributed by atoms with Crippen molar-refractivity contribution >= 4 is 23.1 Å². The number of piperidine rings is 1. The Morgan fingerprint density at radius 3 is 2.41 bits per heavy atom. The summed E-state index contributed by atoms with van der Waals surface area (Å²) in [6.45, 7) is 6.48. The zero-order valence-electron chi connectivity index (χ0n) is 15.9. The van der Waals surface area contributed by atoms with Gasteiger partial charge in [-0.1, -0.05) is 6.92 Å². The number of hydrogen-bond acceptors (Lipinski definition) is 5. The average molecular weight is 365 g/mol. The second-order valence-corrected chi connectivity index (χ2v) is 7.63. The molecule has 0 spiro atoms. The van der Waals surface area contributed by atoms with Crippen molar-refractivity contribution in [2.75, 3.05) is 41.3 Å². The van der Waals surface area contributed by atoms with E-state index in [0.717, 1.165) is 56.4 Å². The van der Waals surface area contributed by atoms with Crippen molar-refractivity contribution < 1.29 is 4.79 Å². The first-order valence-corrected chi connectivity index (χ1v) is 9.92. The third-order valence-electron chi connectivity index (χ3n) is 5.59. The van der Waals surface area contributed by atoms with Crippen LogP contribution in [0.15, 0.2) is 36.7 Å². The number of anilines is 3. The molecule has 1 amide bonds. The number of amides is 1. The van der Waals surface area contributed by atoms with E-state index in [2.05, 4.69) is 44.1 Å². The largest absolute Gasteiger partial charge is 0.372 e. The molecule has 3 heterocycles. The summed E-state index contributed by atoms with van der Waals surface area (Å²) in [7, 11) is 0. The summed E-state index contributed by atoms with van der Waals surface area (Å²) >= 11 is 0. The van der Waals surface area contributed by atoms with Crippen molar-refractivity contribution in [2.24, 2.45) is 5.92 Å². The number of rotatable bonds is 4. The van der Waals surface area contributed by atoms with Crippen LogP contribution in [-0.4, -0.2) is 42.1 Å². The van der Waals surface area contributed by atoms with E-state index in [4.69, 9.17) is 0 Å². The number of carbonyl (C=O) groups is 1. The molecule has 2 aliphatic heterocycles. The lowest BCUT2D eigenvalue weighted by Gasteiger charge is -2.31. The Morgan fingerprint density at radius 2 is 1.70 bits per heavy atom. The van der Waals surface area contributed by atoms with E-state index in [9.17, 15) is 4.79 Å². The lowest BCUT2D eigenvalue weighted by Crippen LogP contribution is -2.33. The van der Waals surface area contributed by atoms with E-state index in [-0.39, 0.29) is 5.91 Å². The van der Waals surface area contributed by atoms with Gasteiger partial charge < -0.3 is 15.1 Å². The maximum Gasteiger partial charge on any atom is 0.274 e. The molecular formula is C21H27N5O. The molecule has 0 unspecified atom stereocenters. The SMILES string of the molecule is CC1CCN(c2cc(C(=O)Nc3ccc(N4CCCC4)cc3)ncn2)CC1. The Hall–Kier alpha value is -2.63. The molecule has 1 N–H and O–H groups in total. The van der Waals surface area contributed by atoms with Crippen molar-refractivity contribution in [2.45, 2.75) is 32.6 Å². The van der Waals surface area contributed by atoms with Crippen molar-refractivity contribution in [3.05, 3.63) is 42.4 Å². The van der Waals surface area contributed by atoms with E-state index in [0.29, 0.717) is 5.69 Å². The Balaban J connectivity index is 1.41. The van der Waals surface area contributed by atoms with Crippen LogP contribution in [0, 0.1) is 5.92 Å². The first-order chi connectivity index (χ1) is 13.2. The zero-order valence-corrected chi connectivity index (χ0v) is 15.9. The molecule has 2 aromatic rings. The number of aromatic nitrogens is 2. The number of hydrogen-bond donors (Lipinski definition) is 1. The summed E-state index contributed by atoms with van der Waals surface area (Å²) in [4.78, 5) is 25.8. The minimum Gasteiger partial charge on any atom is -0.372 e. The molecule has 0 aliphatic carbocycles. The molecule has 6 nitrogen and oxygen atoms in total. The molecule has 4 rings (SSSR count). The van der Waals surface area contributed by atoms with Crippen LogP contribution < -0.4 is 15.1 Å². The summed E-state index contributed by atoms with van der Waals surface area (Å²) < 4.78 is 0. The molecule has 0 atom stereocenters. The van der Waals surface area contributed by atoms with E-state index in [1.807, 2.05) is 12.1 Å². The first kappa shape index (κ1) is 17.8. The van der Waals surface area contributed by atoms with Crippen LogP contribution in [-0.2, 0) is 0 Å². The van der Waals surface area contributed by atoms with Crippen LogP contribution in [0.5, 0.6) is 0 Å². The van der Waals surface area contributed by atoms with E-state index in [1.165, 1.54) is 24.9 Å². The van der Waals surface area contributed by atoms with Crippen LogP contribution in [0.25, 0.3) is 0 Å². The first-order valence-electron chi connectivity index (χ1n) is 9.92. The molecule has 0 saturated carbocycles. The standard InChI is InChI=1S/C21H27N5O/c1-16-8-12-26(13-9-16)20-14-19(22-15-23-20)21(27)24-17-4-6-18(7-5-17)25-10-2-3-11-25/h4-7,14-16H,2-3,8-13H2,1H3,(H,24,27). The Labute approximate surface area is 160 Å². The van der Waals surface area contributed by atoms with Crippen LogP contribution in [0.3, 0.4) is 0 Å². The predicted molar refractivity (Wildman–Crippen MR) is 108 cm³/mol. The van der Waals surface area contributed by atoms with Gasteiger partial charge in [0.15, 0.2) is 0 Å². The Morgan fingerprint density at radius 1 is 1.00 bits per heavy atom. The predicted octanol–water partition coefficient (Wildman–Crippen LogP) is 3.57. The second kappa shape index (κ2) is 7.94. The van der Waals surface area contributed by atoms with E-state index >= 15 is 0 Å². The topological polar surface area (TPSA) is 61.4 Å². The molecule has 142 valence electrons. The third-order valence-corrected chi connectivity index (χ3v) is 5.59. The quantitative estimate of drug-likeness (QED) is 0.898. The maximum absolute atomic E-state index is 12.6. The van der Waals surface area contributed by atoms with Gasteiger partial charge >= 0.3 is 0 Å². The fourth-order valence-corrected chi connectivity index (χ4v) is 3.81.